The number of hydrogen-bond donors (Lipinski definition) is 0. The van der Waals surface area contributed by atoms with Gasteiger partial charge in [-0.1, -0.05) is 36.4 Å². The van der Waals surface area contributed by atoms with Crippen LogP contribution in [0.5, 0.6) is 0 Å². The molecule has 0 N–H and O–H groups in total. The zero-order valence-corrected chi connectivity index (χ0v) is 14.3. The Morgan fingerprint density at radius 2 is 1.55 bits per heavy atom. The molecule has 0 aromatic heterocycles. The standard InChI is InChI=1S/C20H15N.Ir/c1-3-9-16(10-4-1)19-15-21(17-11-5-2-6-12-17)20-14-8-7-13-18(19)20;/h1-9,11-15,19H;/q-2;. The third-order valence-corrected chi connectivity index (χ3v) is 3.93. The van der Waals surface area contributed by atoms with E-state index in [4.69, 9.17) is 0 Å². The number of nitrogens with zero attached hydrogens (tertiary/aromatic N) is 1. The predicted octanol–water partition coefficient (Wildman–Crippen LogP) is 4.93. The normalized spacial score (nSPS) is 16.0. The Labute approximate surface area is 145 Å². The van der Waals surface area contributed by atoms with E-state index in [1.165, 1.54) is 22.5 Å². The van der Waals surface area contributed by atoms with Crippen LogP contribution in [0.15, 0.2) is 78.9 Å². The van der Waals surface area contributed by atoms with Crippen molar-refractivity contribution in [3.63, 3.8) is 0 Å². The Balaban J connectivity index is 0.00000144. The van der Waals surface area contributed by atoms with Crippen LogP contribution >= 0.6 is 0 Å². The second-order valence-electron chi connectivity index (χ2n) is 5.21. The first kappa shape index (κ1) is 15.0. The van der Waals surface area contributed by atoms with Crippen LogP contribution in [-0.4, -0.2) is 0 Å². The average molecular weight is 462 g/mol. The summed E-state index contributed by atoms with van der Waals surface area (Å²) in [5.74, 6) is 0.266. The van der Waals surface area contributed by atoms with Crippen molar-refractivity contribution in [2.75, 3.05) is 4.90 Å². The van der Waals surface area contributed by atoms with E-state index in [-0.39, 0.29) is 26.0 Å². The van der Waals surface area contributed by atoms with Gasteiger partial charge < -0.3 is 4.90 Å². The first-order valence-corrected chi connectivity index (χ1v) is 7.18. The van der Waals surface area contributed by atoms with Gasteiger partial charge in [-0.2, -0.15) is 35.9 Å². The second kappa shape index (κ2) is 6.48. The molecular weight excluding hydrogens is 446 g/mol. The zero-order valence-electron chi connectivity index (χ0n) is 11.9. The Morgan fingerprint density at radius 3 is 2.32 bits per heavy atom. The molecular formula is C20H15IrN-2. The number of fused-ring (bicyclic) bond motifs is 1. The molecule has 1 unspecified atom stereocenters. The summed E-state index contributed by atoms with van der Waals surface area (Å²) in [6.07, 6.45) is 0. The van der Waals surface area contributed by atoms with E-state index in [1.54, 1.807) is 0 Å². The molecule has 1 radical (unpaired) electrons. The van der Waals surface area contributed by atoms with E-state index in [2.05, 4.69) is 78.2 Å². The fourth-order valence-electron chi connectivity index (χ4n) is 2.94. The molecule has 0 fully saturated rings. The third kappa shape index (κ3) is 2.61. The van der Waals surface area contributed by atoms with Crippen molar-refractivity contribution in [2.45, 2.75) is 5.92 Å². The largest absolute Gasteiger partial charge is 0.493 e. The first-order chi connectivity index (χ1) is 10.4. The summed E-state index contributed by atoms with van der Waals surface area (Å²) in [7, 11) is 0. The molecule has 2 heteroatoms. The number of benzene rings is 3. The molecule has 0 spiro atoms. The van der Waals surface area contributed by atoms with Gasteiger partial charge in [-0.25, -0.2) is 6.54 Å². The number of para-hydroxylation sites is 2. The SMILES string of the molecule is [Ir].[c-]1ccccc1C1[CH-]N(c2ccccc2)c2ccccc21. The molecule has 1 heterocycles. The minimum atomic E-state index is 0. The fourth-order valence-corrected chi connectivity index (χ4v) is 2.94. The summed E-state index contributed by atoms with van der Waals surface area (Å²) in [5.41, 5.74) is 5.00. The Hall–Kier alpha value is -1.89. The quantitative estimate of drug-likeness (QED) is 0.489. The van der Waals surface area contributed by atoms with Gasteiger partial charge in [0.15, 0.2) is 0 Å². The molecule has 0 bridgehead atoms. The van der Waals surface area contributed by atoms with Crippen molar-refractivity contribution in [2.24, 2.45) is 0 Å². The maximum atomic E-state index is 3.37. The van der Waals surface area contributed by atoms with E-state index in [0.29, 0.717) is 0 Å². The molecule has 4 rings (SSSR count). The van der Waals surface area contributed by atoms with Crippen LogP contribution in [-0.2, 0) is 20.1 Å². The summed E-state index contributed by atoms with van der Waals surface area (Å²) in [4.78, 5) is 2.28. The van der Waals surface area contributed by atoms with Crippen molar-refractivity contribution in [1.29, 1.82) is 0 Å². The van der Waals surface area contributed by atoms with Crippen LogP contribution < -0.4 is 4.90 Å². The van der Waals surface area contributed by atoms with Crippen molar-refractivity contribution < 1.29 is 20.1 Å². The topological polar surface area (TPSA) is 3.24 Å². The minimum absolute atomic E-state index is 0. The minimum Gasteiger partial charge on any atom is -0.493 e. The monoisotopic (exact) mass is 462 g/mol. The predicted molar refractivity (Wildman–Crippen MR) is 86.4 cm³/mol. The van der Waals surface area contributed by atoms with E-state index in [1.807, 2.05) is 18.2 Å². The molecule has 3 aromatic carbocycles. The Bertz CT molecular complexity index is 675. The van der Waals surface area contributed by atoms with E-state index < -0.39 is 0 Å². The first-order valence-electron chi connectivity index (χ1n) is 7.18. The summed E-state index contributed by atoms with van der Waals surface area (Å²) in [6, 6.07) is 30.7. The molecule has 1 atom stereocenters. The Morgan fingerprint density at radius 1 is 0.818 bits per heavy atom. The molecule has 0 amide bonds. The van der Waals surface area contributed by atoms with E-state index >= 15 is 0 Å². The van der Waals surface area contributed by atoms with Crippen LogP contribution in [0.4, 0.5) is 11.4 Å². The third-order valence-electron chi connectivity index (χ3n) is 3.93. The van der Waals surface area contributed by atoms with Gasteiger partial charge in [0.1, 0.15) is 0 Å². The zero-order chi connectivity index (χ0) is 14.1. The maximum absolute atomic E-state index is 3.37. The Kier molecular flexibility index (Phi) is 4.42. The van der Waals surface area contributed by atoms with Crippen LogP contribution in [0, 0.1) is 12.6 Å². The van der Waals surface area contributed by atoms with Gasteiger partial charge in [0, 0.05) is 31.5 Å². The molecule has 1 aliphatic heterocycles. The van der Waals surface area contributed by atoms with E-state index in [0.717, 1.165) is 0 Å². The van der Waals surface area contributed by atoms with Crippen LogP contribution in [0.2, 0.25) is 0 Å². The number of hydrogen-bond acceptors (Lipinski definition) is 1. The summed E-state index contributed by atoms with van der Waals surface area (Å²) in [5, 5.41) is 0. The van der Waals surface area contributed by atoms with Crippen LogP contribution in [0.1, 0.15) is 17.0 Å². The van der Waals surface area contributed by atoms with Crippen LogP contribution in [0.3, 0.4) is 0 Å². The van der Waals surface area contributed by atoms with Gasteiger partial charge in [-0.15, -0.1) is 5.92 Å². The van der Waals surface area contributed by atoms with Gasteiger partial charge in [0.2, 0.25) is 0 Å². The van der Waals surface area contributed by atoms with Crippen molar-refractivity contribution >= 4 is 11.4 Å². The molecule has 1 aliphatic rings. The molecule has 1 nitrogen and oxygen atoms in total. The van der Waals surface area contributed by atoms with Crippen molar-refractivity contribution in [1.82, 2.24) is 0 Å². The molecule has 111 valence electrons. The molecule has 22 heavy (non-hydrogen) atoms. The average Bonchev–Trinajstić information content (AvgIpc) is 2.96. The smallest absolute Gasteiger partial charge is 0.0125 e. The van der Waals surface area contributed by atoms with Gasteiger partial charge in [0.25, 0.3) is 0 Å². The molecule has 3 aromatic rings. The number of anilines is 2. The van der Waals surface area contributed by atoms with Gasteiger partial charge in [0.05, 0.1) is 0 Å². The summed E-state index contributed by atoms with van der Waals surface area (Å²) < 4.78 is 0. The summed E-state index contributed by atoms with van der Waals surface area (Å²) in [6.45, 7) is 2.28. The van der Waals surface area contributed by atoms with E-state index in [9.17, 15) is 0 Å². The van der Waals surface area contributed by atoms with Crippen molar-refractivity contribution in [3.8, 4) is 0 Å². The summed E-state index contributed by atoms with van der Waals surface area (Å²) >= 11 is 0. The second-order valence-corrected chi connectivity index (χ2v) is 5.21. The molecule has 0 saturated heterocycles. The maximum Gasteiger partial charge on any atom is 0.0125 e. The fraction of sp³-hybridized carbons (Fsp3) is 0.0500. The van der Waals surface area contributed by atoms with Gasteiger partial charge >= 0.3 is 0 Å². The van der Waals surface area contributed by atoms with Gasteiger partial charge in [-0.05, 0) is 23.8 Å². The van der Waals surface area contributed by atoms with Crippen LogP contribution in [0.25, 0.3) is 0 Å². The van der Waals surface area contributed by atoms with Gasteiger partial charge in [-0.3, -0.25) is 0 Å². The van der Waals surface area contributed by atoms with Crippen molar-refractivity contribution in [3.05, 3.63) is 103 Å². The molecule has 0 saturated carbocycles. The molecule has 0 aliphatic carbocycles. The number of rotatable bonds is 2.